The molecule has 2 amide bonds. The zero-order valence-electron chi connectivity index (χ0n) is 15.4. The van der Waals surface area contributed by atoms with Gasteiger partial charge < -0.3 is 24.8 Å². The van der Waals surface area contributed by atoms with Gasteiger partial charge in [-0.1, -0.05) is 0 Å². The Balaban J connectivity index is 0.00000312. The van der Waals surface area contributed by atoms with Crippen molar-refractivity contribution in [2.75, 3.05) is 66.6 Å². The van der Waals surface area contributed by atoms with E-state index in [9.17, 15) is 9.59 Å². The Morgan fingerprint density at radius 1 is 1.40 bits per heavy atom. The molecule has 0 aromatic rings. The fourth-order valence-corrected chi connectivity index (χ4v) is 2.76. The Hall–Kier alpha value is -1.10. The highest BCUT2D eigenvalue weighted by Gasteiger charge is 2.26. The molecule has 144 valence electrons. The van der Waals surface area contributed by atoms with Gasteiger partial charge in [-0.25, -0.2) is 4.99 Å². The number of likely N-dealkylation sites (N-methyl/N-ethyl adjacent to an activating group) is 2. The third kappa shape index (κ3) is 6.61. The molecule has 2 saturated heterocycles. The zero-order valence-corrected chi connectivity index (χ0v) is 17.7. The highest BCUT2D eigenvalue weighted by molar-refractivity contribution is 14.0. The molecule has 2 fully saturated rings. The molecular weight excluding hydrogens is 437 g/mol. The van der Waals surface area contributed by atoms with Crippen LogP contribution in [0.3, 0.4) is 0 Å². The van der Waals surface area contributed by atoms with E-state index in [1.807, 2.05) is 16.7 Å². The number of ether oxygens (including phenoxy) is 1. The number of halogens is 1. The van der Waals surface area contributed by atoms with Gasteiger partial charge in [0.2, 0.25) is 11.8 Å². The van der Waals surface area contributed by atoms with Crippen molar-refractivity contribution in [3.05, 3.63) is 0 Å². The molecule has 0 spiro atoms. The molecule has 8 nitrogen and oxygen atoms in total. The quantitative estimate of drug-likeness (QED) is 0.346. The molecule has 2 heterocycles. The average molecular weight is 467 g/mol. The maximum absolute atomic E-state index is 12.2. The zero-order chi connectivity index (χ0) is 17.5. The van der Waals surface area contributed by atoms with E-state index >= 15 is 0 Å². The highest BCUT2D eigenvalue weighted by atomic mass is 127. The predicted octanol–water partition coefficient (Wildman–Crippen LogP) is -0.161. The molecule has 0 radical (unpaired) electrons. The van der Waals surface area contributed by atoms with Crippen LogP contribution in [-0.4, -0.2) is 99.1 Å². The van der Waals surface area contributed by atoms with Crippen molar-refractivity contribution < 1.29 is 14.3 Å². The van der Waals surface area contributed by atoms with Crippen LogP contribution in [0, 0.1) is 5.92 Å². The molecule has 9 heteroatoms. The monoisotopic (exact) mass is 467 g/mol. The summed E-state index contributed by atoms with van der Waals surface area (Å²) >= 11 is 0. The average Bonchev–Trinajstić information content (AvgIpc) is 3.08. The van der Waals surface area contributed by atoms with Crippen LogP contribution in [0.4, 0.5) is 0 Å². The summed E-state index contributed by atoms with van der Waals surface area (Å²) in [7, 11) is 3.43. The molecule has 25 heavy (non-hydrogen) atoms. The van der Waals surface area contributed by atoms with Gasteiger partial charge in [0, 0.05) is 52.8 Å². The van der Waals surface area contributed by atoms with E-state index in [1.165, 1.54) is 4.90 Å². The van der Waals surface area contributed by atoms with Gasteiger partial charge in [-0.05, 0) is 13.3 Å². The lowest BCUT2D eigenvalue weighted by molar-refractivity contribution is -0.134. The van der Waals surface area contributed by atoms with Crippen LogP contribution < -0.4 is 5.32 Å². The summed E-state index contributed by atoms with van der Waals surface area (Å²) in [4.78, 5) is 33.7. The predicted molar refractivity (Wildman–Crippen MR) is 107 cm³/mol. The first-order valence-corrected chi connectivity index (χ1v) is 8.60. The third-order valence-electron chi connectivity index (χ3n) is 4.44. The molecule has 0 saturated carbocycles. The number of hydrogen-bond acceptors (Lipinski definition) is 4. The SMILES string of the molecule is CCN1CCN(C(=NCC(=O)N(C)C)NCC2CCOC2)CC1=O.I. The fraction of sp³-hybridized carbons (Fsp3) is 0.812. The van der Waals surface area contributed by atoms with Crippen molar-refractivity contribution in [1.29, 1.82) is 0 Å². The molecule has 1 unspecified atom stereocenters. The Morgan fingerprint density at radius 2 is 2.16 bits per heavy atom. The normalized spacial score (nSPS) is 21.2. The first kappa shape index (κ1) is 21.9. The van der Waals surface area contributed by atoms with Crippen LogP contribution in [0.25, 0.3) is 0 Å². The van der Waals surface area contributed by atoms with Crippen molar-refractivity contribution in [1.82, 2.24) is 20.0 Å². The summed E-state index contributed by atoms with van der Waals surface area (Å²) in [5.41, 5.74) is 0. The number of guanidine groups is 1. The Kier molecular flexibility index (Phi) is 9.47. The molecule has 2 rings (SSSR count). The number of hydrogen-bond donors (Lipinski definition) is 1. The number of rotatable bonds is 5. The van der Waals surface area contributed by atoms with Crippen LogP contribution in [0.2, 0.25) is 0 Å². The number of nitrogens with one attached hydrogen (secondary N) is 1. The van der Waals surface area contributed by atoms with Crippen LogP contribution in [-0.2, 0) is 14.3 Å². The molecule has 2 aliphatic rings. The van der Waals surface area contributed by atoms with E-state index in [2.05, 4.69) is 10.3 Å². The topological polar surface area (TPSA) is 77.5 Å². The van der Waals surface area contributed by atoms with E-state index in [4.69, 9.17) is 4.74 Å². The second kappa shape index (κ2) is 10.8. The number of carbonyl (C=O) groups excluding carboxylic acids is 2. The van der Waals surface area contributed by atoms with E-state index < -0.39 is 0 Å². The van der Waals surface area contributed by atoms with Gasteiger partial charge in [-0.2, -0.15) is 0 Å². The van der Waals surface area contributed by atoms with E-state index in [1.54, 1.807) is 14.1 Å². The van der Waals surface area contributed by atoms with Gasteiger partial charge in [0.15, 0.2) is 5.96 Å². The maximum Gasteiger partial charge on any atom is 0.243 e. The van der Waals surface area contributed by atoms with Crippen LogP contribution in [0.1, 0.15) is 13.3 Å². The summed E-state index contributed by atoms with van der Waals surface area (Å²) in [6.07, 6.45) is 1.03. The van der Waals surface area contributed by atoms with Gasteiger partial charge in [0.1, 0.15) is 6.54 Å². The third-order valence-corrected chi connectivity index (χ3v) is 4.44. The Labute approximate surface area is 167 Å². The second-order valence-corrected chi connectivity index (χ2v) is 6.43. The lowest BCUT2D eigenvalue weighted by atomic mass is 10.1. The summed E-state index contributed by atoms with van der Waals surface area (Å²) in [6, 6.07) is 0. The lowest BCUT2D eigenvalue weighted by Gasteiger charge is -2.35. The van der Waals surface area contributed by atoms with Crippen LogP contribution in [0.15, 0.2) is 4.99 Å². The number of carbonyl (C=O) groups is 2. The first-order chi connectivity index (χ1) is 11.5. The van der Waals surface area contributed by atoms with Gasteiger partial charge in [-0.15, -0.1) is 24.0 Å². The maximum atomic E-state index is 12.2. The highest BCUT2D eigenvalue weighted by Crippen LogP contribution is 2.11. The van der Waals surface area contributed by atoms with Gasteiger partial charge >= 0.3 is 0 Å². The Morgan fingerprint density at radius 3 is 2.72 bits per heavy atom. The molecule has 2 aliphatic heterocycles. The van der Waals surface area contributed by atoms with Crippen molar-refractivity contribution in [2.45, 2.75) is 13.3 Å². The smallest absolute Gasteiger partial charge is 0.243 e. The number of aliphatic imine (C=N–C) groups is 1. The second-order valence-electron chi connectivity index (χ2n) is 6.43. The molecular formula is C16H30IN5O3. The fourth-order valence-electron chi connectivity index (χ4n) is 2.76. The van der Waals surface area contributed by atoms with Crippen molar-refractivity contribution >= 4 is 41.8 Å². The van der Waals surface area contributed by atoms with Crippen molar-refractivity contribution in [3.8, 4) is 0 Å². The molecule has 0 aromatic heterocycles. The van der Waals surface area contributed by atoms with Crippen LogP contribution in [0.5, 0.6) is 0 Å². The summed E-state index contributed by atoms with van der Waals surface area (Å²) in [5, 5.41) is 3.33. The minimum Gasteiger partial charge on any atom is -0.381 e. The first-order valence-electron chi connectivity index (χ1n) is 8.60. The lowest BCUT2D eigenvalue weighted by Crippen LogP contribution is -2.55. The molecule has 1 N–H and O–H groups in total. The molecule has 0 bridgehead atoms. The van der Waals surface area contributed by atoms with Gasteiger partial charge in [0.25, 0.3) is 0 Å². The standard InChI is InChI=1S/C16H29N5O3.HI/c1-4-20-6-7-21(11-15(20)23)16(18-10-14(22)19(2)3)17-9-13-5-8-24-12-13;/h13H,4-12H2,1-3H3,(H,17,18);1H. The number of nitrogens with zero attached hydrogens (tertiary/aromatic N) is 4. The minimum atomic E-state index is -0.0583. The van der Waals surface area contributed by atoms with E-state index in [-0.39, 0.29) is 42.3 Å². The van der Waals surface area contributed by atoms with Crippen molar-refractivity contribution in [2.24, 2.45) is 10.9 Å². The van der Waals surface area contributed by atoms with E-state index in [0.717, 1.165) is 39.3 Å². The van der Waals surface area contributed by atoms with Crippen molar-refractivity contribution in [3.63, 3.8) is 0 Å². The molecule has 0 aromatic carbocycles. The Bertz CT molecular complexity index is 480. The summed E-state index contributed by atoms with van der Waals surface area (Å²) in [6.45, 7) is 6.80. The summed E-state index contributed by atoms with van der Waals surface area (Å²) in [5.74, 6) is 1.13. The van der Waals surface area contributed by atoms with Gasteiger partial charge in [-0.3, -0.25) is 9.59 Å². The molecule has 1 atom stereocenters. The van der Waals surface area contributed by atoms with E-state index in [0.29, 0.717) is 25.0 Å². The largest absolute Gasteiger partial charge is 0.381 e. The molecule has 0 aliphatic carbocycles. The van der Waals surface area contributed by atoms with Gasteiger partial charge in [0.05, 0.1) is 13.2 Å². The van der Waals surface area contributed by atoms with Crippen LogP contribution >= 0.6 is 24.0 Å². The summed E-state index contributed by atoms with van der Waals surface area (Å²) < 4.78 is 5.40. The number of amides is 2. The number of piperazine rings is 1. The minimum absolute atomic E-state index is 0.